The number of amides is 1. The zero-order chi connectivity index (χ0) is 16.6. The van der Waals surface area contributed by atoms with E-state index in [0.717, 1.165) is 33.7 Å². The van der Waals surface area contributed by atoms with Crippen LogP contribution in [0.25, 0.3) is 10.9 Å². The fraction of sp³-hybridized carbons (Fsp3) is 0.294. The van der Waals surface area contributed by atoms with E-state index in [4.69, 9.17) is 0 Å². The van der Waals surface area contributed by atoms with Gasteiger partial charge in [0.1, 0.15) is 0 Å². The first-order chi connectivity index (χ1) is 11.0. The highest BCUT2D eigenvalue weighted by Crippen LogP contribution is 2.24. The van der Waals surface area contributed by atoms with Gasteiger partial charge >= 0.3 is 5.69 Å². The van der Waals surface area contributed by atoms with E-state index in [1.54, 1.807) is 4.57 Å². The number of hydrogen-bond donors (Lipinski definition) is 3. The van der Waals surface area contributed by atoms with Crippen LogP contribution in [0, 0.1) is 20.8 Å². The molecule has 0 aliphatic heterocycles. The van der Waals surface area contributed by atoms with Gasteiger partial charge in [0, 0.05) is 41.0 Å². The van der Waals surface area contributed by atoms with Crippen molar-refractivity contribution in [1.29, 1.82) is 0 Å². The minimum atomic E-state index is -0.170. The van der Waals surface area contributed by atoms with Crippen molar-refractivity contribution in [1.82, 2.24) is 14.5 Å². The molecule has 3 N–H and O–H groups in total. The lowest BCUT2D eigenvalue weighted by atomic mass is 10.2. The molecule has 0 aliphatic carbocycles. The number of aromatic nitrogens is 3. The molecule has 0 saturated carbocycles. The predicted octanol–water partition coefficient (Wildman–Crippen LogP) is 2.61. The molecule has 2 heterocycles. The van der Waals surface area contributed by atoms with Crippen molar-refractivity contribution in [3.05, 3.63) is 51.8 Å². The first kappa shape index (κ1) is 15.1. The van der Waals surface area contributed by atoms with Gasteiger partial charge in [0.2, 0.25) is 5.91 Å². The molecule has 0 aliphatic rings. The Morgan fingerprint density at radius 2 is 2.00 bits per heavy atom. The number of H-pyrrole nitrogens is 2. The van der Waals surface area contributed by atoms with Crippen molar-refractivity contribution in [3.63, 3.8) is 0 Å². The lowest BCUT2D eigenvalue weighted by Crippen LogP contribution is -2.22. The summed E-state index contributed by atoms with van der Waals surface area (Å²) in [6, 6.07) is 7.77. The van der Waals surface area contributed by atoms with Crippen LogP contribution in [-0.4, -0.2) is 20.4 Å². The zero-order valence-electron chi connectivity index (χ0n) is 13.5. The Kier molecular flexibility index (Phi) is 3.82. The third kappa shape index (κ3) is 2.92. The Morgan fingerprint density at radius 3 is 2.70 bits per heavy atom. The predicted molar refractivity (Wildman–Crippen MR) is 90.8 cm³/mol. The second-order valence-corrected chi connectivity index (χ2v) is 5.81. The number of carbonyl (C=O) groups is 1. The number of fused-ring (bicyclic) bond motifs is 1. The molecule has 120 valence electrons. The molecule has 1 amide bonds. The van der Waals surface area contributed by atoms with Gasteiger partial charge in [0.25, 0.3) is 0 Å². The number of aryl methyl sites for hydroxylation is 2. The average molecular weight is 312 g/mol. The Hall–Kier alpha value is -2.76. The number of benzene rings is 1. The first-order valence-electron chi connectivity index (χ1n) is 7.60. The largest absolute Gasteiger partial charge is 0.359 e. The molecule has 0 unspecified atom stereocenters. The third-order valence-electron chi connectivity index (χ3n) is 4.12. The highest BCUT2D eigenvalue weighted by molar-refractivity contribution is 6.01. The number of nitrogens with one attached hydrogen (secondary N) is 3. The molecule has 1 aromatic carbocycles. The van der Waals surface area contributed by atoms with E-state index in [-0.39, 0.29) is 18.0 Å². The van der Waals surface area contributed by atoms with Crippen molar-refractivity contribution in [2.75, 3.05) is 5.32 Å². The quantitative estimate of drug-likeness (QED) is 0.692. The van der Waals surface area contributed by atoms with Crippen molar-refractivity contribution in [2.45, 2.75) is 33.7 Å². The Balaban J connectivity index is 1.73. The number of hydrogen-bond acceptors (Lipinski definition) is 2. The van der Waals surface area contributed by atoms with Crippen molar-refractivity contribution in [2.24, 2.45) is 0 Å². The summed E-state index contributed by atoms with van der Waals surface area (Å²) in [4.78, 5) is 30.0. The highest BCUT2D eigenvalue weighted by Gasteiger charge is 2.10. The van der Waals surface area contributed by atoms with Gasteiger partial charge in [-0.25, -0.2) is 4.79 Å². The molecule has 0 fully saturated rings. The van der Waals surface area contributed by atoms with Gasteiger partial charge < -0.3 is 15.3 Å². The normalized spacial score (nSPS) is 11.1. The summed E-state index contributed by atoms with van der Waals surface area (Å²) in [5.74, 6) is -0.110. The number of anilines is 1. The minimum Gasteiger partial charge on any atom is -0.359 e. The fourth-order valence-corrected chi connectivity index (χ4v) is 2.77. The molecule has 3 rings (SSSR count). The number of rotatable bonds is 4. The van der Waals surface area contributed by atoms with E-state index in [2.05, 4.69) is 15.3 Å². The Labute approximate surface area is 133 Å². The maximum Gasteiger partial charge on any atom is 0.325 e. The van der Waals surface area contributed by atoms with Gasteiger partial charge in [-0.3, -0.25) is 9.36 Å². The number of carbonyl (C=O) groups excluding carboxylic acids is 1. The summed E-state index contributed by atoms with van der Waals surface area (Å²) in [5.41, 5.74) is 4.36. The molecular formula is C17H20N4O2. The third-order valence-corrected chi connectivity index (χ3v) is 4.12. The van der Waals surface area contributed by atoms with Crippen LogP contribution < -0.4 is 11.0 Å². The summed E-state index contributed by atoms with van der Waals surface area (Å²) in [6.45, 7) is 6.06. The average Bonchev–Trinajstić information content (AvgIpc) is 2.98. The molecule has 0 spiro atoms. The summed E-state index contributed by atoms with van der Waals surface area (Å²) in [6.07, 6.45) is 0.248. The van der Waals surface area contributed by atoms with Crippen LogP contribution in [0.3, 0.4) is 0 Å². The van der Waals surface area contributed by atoms with Crippen LogP contribution in [0.4, 0.5) is 5.69 Å². The smallest absolute Gasteiger partial charge is 0.325 e. The summed E-state index contributed by atoms with van der Waals surface area (Å²) < 4.78 is 1.59. The maximum absolute atomic E-state index is 12.2. The second-order valence-electron chi connectivity index (χ2n) is 5.81. The van der Waals surface area contributed by atoms with Crippen molar-refractivity contribution in [3.8, 4) is 0 Å². The van der Waals surface area contributed by atoms with E-state index in [9.17, 15) is 9.59 Å². The van der Waals surface area contributed by atoms with Crippen LogP contribution >= 0.6 is 0 Å². The van der Waals surface area contributed by atoms with E-state index < -0.39 is 0 Å². The maximum atomic E-state index is 12.2. The van der Waals surface area contributed by atoms with Crippen LogP contribution in [0.2, 0.25) is 0 Å². The molecule has 23 heavy (non-hydrogen) atoms. The Morgan fingerprint density at radius 1 is 1.22 bits per heavy atom. The zero-order valence-corrected chi connectivity index (χ0v) is 13.5. The van der Waals surface area contributed by atoms with E-state index in [1.165, 1.54) is 0 Å². The van der Waals surface area contributed by atoms with E-state index in [0.29, 0.717) is 6.54 Å². The molecule has 6 nitrogen and oxygen atoms in total. The molecule has 0 atom stereocenters. The van der Waals surface area contributed by atoms with Crippen molar-refractivity contribution >= 4 is 22.5 Å². The van der Waals surface area contributed by atoms with Crippen molar-refractivity contribution < 1.29 is 4.79 Å². The molecule has 6 heteroatoms. The molecular weight excluding hydrogens is 292 g/mol. The van der Waals surface area contributed by atoms with Gasteiger partial charge in [-0.05, 0) is 39.0 Å². The molecule has 0 radical (unpaired) electrons. The SMILES string of the molecule is Cc1cc2c(NC(=O)CCn3c(C)c(C)[nH]c3=O)cccc2[nH]1. The fourth-order valence-electron chi connectivity index (χ4n) is 2.77. The summed E-state index contributed by atoms with van der Waals surface area (Å²) >= 11 is 0. The highest BCUT2D eigenvalue weighted by atomic mass is 16.2. The lowest BCUT2D eigenvalue weighted by Gasteiger charge is -2.08. The van der Waals surface area contributed by atoms with Crippen LogP contribution in [0.5, 0.6) is 0 Å². The molecule has 3 aromatic rings. The standard InChI is InChI=1S/C17H20N4O2/c1-10-9-13-14(18-10)5-4-6-15(13)20-16(22)7-8-21-12(3)11(2)19-17(21)23/h4-6,9,18H,7-8H2,1-3H3,(H,19,23)(H,20,22). The summed E-state index contributed by atoms with van der Waals surface area (Å²) in [5, 5.41) is 3.92. The van der Waals surface area contributed by atoms with Gasteiger partial charge in [0.15, 0.2) is 0 Å². The molecule has 2 aromatic heterocycles. The summed E-state index contributed by atoms with van der Waals surface area (Å²) in [7, 11) is 0. The van der Waals surface area contributed by atoms with Gasteiger partial charge in [-0.15, -0.1) is 0 Å². The van der Waals surface area contributed by atoms with E-state index >= 15 is 0 Å². The van der Waals surface area contributed by atoms with Gasteiger partial charge in [-0.2, -0.15) is 0 Å². The topological polar surface area (TPSA) is 82.7 Å². The van der Waals surface area contributed by atoms with Crippen LogP contribution in [0.15, 0.2) is 29.1 Å². The molecule has 0 saturated heterocycles. The number of nitrogens with zero attached hydrogens (tertiary/aromatic N) is 1. The van der Waals surface area contributed by atoms with Gasteiger partial charge in [0.05, 0.1) is 5.69 Å². The lowest BCUT2D eigenvalue weighted by molar-refractivity contribution is -0.116. The minimum absolute atomic E-state index is 0.110. The van der Waals surface area contributed by atoms with E-state index in [1.807, 2.05) is 45.0 Å². The molecule has 0 bridgehead atoms. The van der Waals surface area contributed by atoms with Crippen LogP contribution in [-0.2, 0) is 11.3 Å². The second kappa shape index (κ2) is 5.79. The van der Waals surface area contributed by atoms with Crippen LogP contribution in [0.1, 0.15) is 23.5 Å². The first-order valence-corrected chi connectivity index (χ1v) is 7.60. The number of aromatic amines is 2. The van der Waals surface area contributed by atoms with Gasteiger partial charge in [-0.1, -0.05) is 6.07 Å². The Bertz CT molecular complexity index is 930. The monoisotopic (exact) mass is 312 g/mol. The number of imidazole rings is 1.